The summed E-state index contributed by atoms with van der Waals surface area (Å²) in [5.41, 5.74) is 0.0365. The van der Waals surface area contributed by atoms with E-state index in [1.54, 1.807) is 48.4 Å². The van der Waals surface area contributed by atoms with E-state index in [0.717, 1.165) is 11.8 Å². The first-order chi connectivity index (χ1) is 18.4. The summed E-state index contributed by atoms with van der Waals surface area (Å²) < 4.78 is 12.1. The lowest BCUT2D eigenvalue weighted by atomic mass is 10.1. The summed E-state index contributed by atoms with van der Waals surface area (Å²) in [4.78, 5) is 60.1. The number of pyridine rings is 1. The Morgan fingerprint density at radius 1 is 1.29 bits per heavy atom. The normalized spacial score (nSPS) is 18.9. The Balaban J connectivity index is 1.60. The number of esters is 1. The molecule has 0 aliphatic carbocycles. The molecule has 3 aromatic heterocycles. The monoisotopic (exact) mass is 553 g/mol. The number of fused-ring (bicyclic) bond motifs is 1. The van der Waals surface area contributed by atoms with Gasteiger partial charge in [0, 0.05) is 19.3 Å². The van der Waals surface area contributed by atoms with Crippen molar-refractivity contribution in [2.24, 2.45) is 0 Å². The van der Waals surface area contributed by atoms with Gasteiger partial charge in [0.1, 0.15) is 27.6 Å². The highest BCUT2D eigenvalue weighted by Gasteiger charge is 2.37. The maximum absolute atomic E-state index is 13.7. The molecule has 2 amide bonds. The van der Waals surface area contributed by atoms with Crippen LogP contribution in [0.15, 0.2) is 56.9 Å². The molecule has 2 aliphatic heterocycles. The summed E-state index contributed by atoms with van der Waals surface area (Å²) in [7, 11) is 0. The highest BCUT2D eigenvalue weighted by molar-refractivity contribution is 8.26. The molecule has 38 heavy (non-hydrogen) atoms. The summed E-state index contributed by atoms with van der Waals surface area (Å²) in [6.07, 6.45) is 4.32. The highest BCUT2D eigenvalue weighted by atomic mass is 32.2. The number of anilines is 1. The third kappa shape index (κ3) is 4.94. The zero-order valence-corrected chi connectivity index (χ0v) is 21.9. The van der Waals surface area contributed by atoms with Crippen molar-refractivity contribution in [2.75, 3.05) is 24.6 Å². The Morgan fingerprint density at radius 2 is 2.13 bits per heavy atom. The summed E-state index contributed by atoms with van der Waals surface area (Å²) in [6.45, 7) is 2.60. The smallest absolute Gasteiger partial charge is 0.308 e. The van der Waals surface area contributed by atoms with Gasteiger partial charge in [-0.05, 0) is 37.3 Å². The predicted octanol–water partition coefficient (Wildman–Crippen LogP) is 1.95. The van der Waals surface area contributed by atoms with Crippen molar-refractivity contribution in [3.05, 3.63) is 69.4 Å². The number of piperazine rings is 1. The number of carbonyl (C=O) groups excluding carboxylic acids is 3. The van der Waals surface area contributed by atoms with Crippen LogP contribution in [0.5, 0.6) is 0 Å². The van der Waals surface area contributed by atoms with Gasteiger partial charge in [-0.2, -0.15) is 0 Å². The lowest BCUT2D eigenvalue weighted by Gasteiger charge is -2.36. The van der Waals surface area contributed by atoms with Gasteiger partial charge in [-0.1, -0.05) is 30.0 Å². The third-order valence-corrected chi connectivity index (χ3v) is 7.44. The minimum atomic E-state index is -0.943. The van der Waals surface area contributed by atoms with Crippen LogP contribution in [0.4, 0.5) is 5.82 Å². The van der Waals surface area contributed by atoms with Crippen molar-refractivity contribution in [3.63, 3.8) is 0 Å². The van der Waals surface area contributed by atoms with Gasteiger partial charge in [-0.3, -0.25) is 28.5 Å². The second kappa shape index (κ2) is 10.8. The molecule has 3 aromatic rings. The van der Waals surface area contributed by atoms with E-state index in [1.165, 1.54) is 21.6 Å². The number of hydrogen-bond acceptors (Lipinski definition) is 10. The van der Waals surface area contributed by atoms with Crippen LogP contribution in [0.25, 0.3) is 11.7 Å². The summed E-state index contributed by atoms with van der Waals surface area (Å²) in [5.74, 6) is -0.537. The van der Waals surface area contributed by atoms with Crippen molar-refractivity contribution < 1.29 is 23.5 Å². The number of rotatable bonds is 7. The summed E-state index contributed by atoms with van der Waals surface area (Å²) >= 11 is 6.50. The van der Waals surface area contributed by atoms with Crippen LogP contribution in [0.2, 0.25) is 0 Å². The van der Waals surface area contributed by atoms with Crippen molar-refractivity contribution in [1.82, 2.24) is 19.6 Å². The largest absolute Gasteiger partial charge is 0.467 e. The van der Waals surface area contributed by atoms with Gasteiger partial charge in [0.25, 0.3) is 11.5 Å². The first-order valence-corrected chi connectivity index (χ1v) is 13.1. The average Bonchev–Trinajstić information content (AvgIpc) is 3.51. The molecule has 0 bridgehead atoms. The van der Waals surface area contributed by atoms with Gasteiger partial charge in [0.2, 0.25) is 5.91 Å². The number of carbonyl (C=O) groups is 3. The Hall–Kier alpha value is -3.97. The van der Waals surface area contributed by atoms with E-state index in [1.807, 2.05) is 0 Å². The number of hydrogen-bond donors (Lipinski definition) is 1. The molecule has 196 valence electrons. The molecule has 5 rings (SSSR count). The molecule has 0 saturated carbocycles. The van der Waals surface area contributed by atoms with E-state index in [9.17, 15) is 19.2 Å². The van der Waals surface area contributed by atoms with Gasteiger partial charge in [-0.25, -0.2) is 4.98 Å². The molecule has 2 saturated heterocycles. The van der Waals surface area contributed by atoms with Crippen LogP contribution in [-0.4, -0.2) is 62.1 Å². The zero-order chi connectivity index (χ0) is 26.8. The molecule has 1 N–H and O–H groups in total. The molecule has 0 radical (unpaired) electrons. The van der Waals surface area contributed by atoms with Crippen molar-refractivity contribution in [1.29, 1.82) is 0 Å². The Bertz CT molecular complexity index is 1520. The quantitative estimate of drug-likeness (QED) is 0.264. The first kappa shape index (κ1) is 25.7. The lowest BCUT2D eigenvalue weighted by molar-refractivity contribution is -0.145. The van der Waals surface area contributed by atoms with Gasteiger partial charge in [-0.15, -0.1) is 0 Å². The molecule has 0 aromatic carbocycles. The predicted molar refractivity (Wildman–Crippen MR) is 144 cm³/mol. The Labute approximate surface area is 226 Å². The fourth-order valence-corrected chi connectivity index (χ4v) is 5.55. The van der Waals surface area contributed by atoms with E-state index in [-0.39, 0.29) is 47.7 Å². The Morgan fingerprint density at radius 3 is 2.89 bits per heavy atom. The number of aromatic nitrogens is 2. The van der Waals surface area contributed by atoms with Crippen LogP contribution in [0.1, 0.15) is 24.7 Å². The highest BCUT2D eigenvalue weighted by Crippen LogP contribution is 2.35. The topological polar surface area (TPSA) is 126 Å². The zero-order valence-electron chi connectivity index (χ0n) is 20.3. The van der Waals surface area contributed by atoms with Gasteiger partial charge >= 0.3 is 5.97 Å². The van der Waals surface area contributed by atoms with Gasteiger partial charge < -0.3 is 19.4 Å². The van der Waals surface area contributed by atoms with Gasteiger partial charge in [0.05, 0.1) is 36.3 Å². The average molecular weight is 554 g/mol. The van der Waals surface area contributed by atoms with Crippen LogP contribution in [0, 0.1) is 0 Å². The van der Waals surface area contributed by atoms with Crippen molar-refractivity contribution >= 4 is 63.6 Å². The molecule has 1 atom stereocenters. The summed E-state index contributed by atoms with van der Waals surface area (Å²) in [5, 5.41) is 2.76. The minimum absolute atomic E-state index is 0.107. The standard InChI is InChI=1S/C25H23N5O6S2/c1-2-35-20(31)13-17-22(32)26-8-10-28(17)21-16(23(33)29-9-4-3-7-19(29)27-21)12-18-24(34)30(25(37)38-18)14-15-6-5-11-36-15/h3-7,9,11-12,17H,2,8,10,13-14H2,1H3,(H,26,32)/b18-12+/t17-/m0/s1. The maximum atomic E-state index is 13.7. The SMILES string of the molecule is CCOC(=O)C[C@H]1C(=O)NCCN1c1nc2ccccn2c(=O)c1/C=C1/SC(=S)N(Cc2ccco2)C1=O. The van der Waals surface area contributed by atoms with E-state index >= 15 is 0 Å². The van der Waals surface area contributed by atoms with Crippen LogP contribution in [-0.2, 0) is 25.7 Å². The van der Waals surface area contributed by atoms with Crippen LogP contribution < -0.4 is 15.8 Å². The van der Waals surface area contributed by atoms with Crippen LogP contribution in [0.3, 0.4) is 0 Å². The fourth-order valence-electron chi connectivity index (χ4n) is 4.31. The van der Waals surface area contributed by atoms with Gasteiger partial charge in [0.15, 0.2) is 0 Å². The Kier molecular flexibility index (Phi) is 7.29. The molecule has 13 heteroatoms. The molecule has 2 aliphatic rings. The molecule has 11 nitrogen and oxygen atoms in total. The van der Waals surface area contributed by atoms with E-state index in [4.69, 9.17) is 26.4 Å². The number of thiocarbonyl (C=S) groups is 1. The second-order valence-corrected chi connectivity index (χ2v) is 10.1. The second-order valence-electron chi connectivity index (χ2n) is 8.44. The first-order valence-electron chi connectivity index (χ1n) is 11.9. The minimum Gasteiger partial charge on any atom is -0.467 e. The number of ether oxygens (including phenoxy) is 1. The van der Waals surface area contributed by atoms with E-state index in [0.29, 0.717) is 28.8 Å². The molecule has 0 spiro atoms. The third-order valence-electron chi connectivity index (χ3n) is 6.06. The number of nitrogens with one attached hydrogen (secondary N) is 1. The van der Waals surface area contributed by atoms with E-state index < -0.39 is 17.6 Å². The number of thioether (sulfide) groups is 1. The van der Waals surface area contributed by atoms with Crippen molar-refractivity contribution in [3.8, 4) is 0 Å². The lowest BCUT2D eigenvalue weighted by Crippen LogP contribution is -2.57. The molecule has 0 unspecified atom stereocenters. The maximum Gasteiger partial charge on any atom is 0.308 e. The number of nitrogens with zero attached hydrogens (tertiary/aromatic N) is 4. The fraction of sp³-hybridized carbons (Fsp3) is 0.280. The number of amides is 2. The molecular weight excluding hydrogens is 530 g/mol. The molecule has 2 fully saturated rings. The van der Waals surface area contributed by atoms with Crippen molar-refractivity contribution in [2.45, 2.75) is 25.9 Å². The number of furan rings is 1. The van der Waals surface area contributed by atoms with E-state index in [2.05, 4.69) is 5.32 Å². The molecular formula is C25H23N5O6S2. The molecule has 5 heterocycles. The summed E-state index contributed by atoms with van der Waals surface area (Å²) in [6, 6.07) is 7.62. The van der Waals surface area contributed by atoms with Crippen LogP contribution >= 0.6 is 24.0 Å².